The van der Waals surface area contributed by atoms with E-state index < -0.39 is 0 Å². The van der Waals surface area contributed by atoms with Gasteiger partial charge in [-0.05, 0) is 43.4 Å². The van der Waals surface area contributed by atoms with Crippen LogP contribution in [-0.2, 0) is 0 Å². The van der Waals surface area contributed by atoms with Crippen LogP contribution in [0.15, 0.2) is 24.8 Å². The predicted molar refractivity (Wildman–Crippen MR) is 62.1 cm³/mol. The highest BCUT2D eigenvalue weighted by Crippen LogP contribution is 2.38. The molecule has 0 saturated heterocycles. The van der Waals surface area contributed by atoms with Gasteiger partial charge < -0.3 is 0 Å². The first kappa shape index (κ1) is 10.0. The summed E-state index contributed by atoms with van der Waals surface area (Å²) in [5.41, 5.74) is 0. The maximum atomic E-state index is 4.00. The summed E-state index contributed by atoms with van der Waals surface area (Å²) in [7, 11) is 0. The van der Waals surface area contributed by atoms with Gasteiger partial charge in [-0.25, -0.2) is 0 Å². The molecular formula is C14H22. The molecule has 0 amide bonds. The van der Waals surface area contributed by atoms with Crippen molar-refractivity contribution in [3.8, 4) is 0 Å². The fourth-order valence-electron chi connectivity index (χ4n) is 3.18. The second-order valence-corrected chi connectivity index (χ2v) is 4.88. The van der Waals surface area contributed by atoms with Gasteiger partial charge in [-0.2, -0.15) is 0 Å². The Hall–Kier alpha value is -0.520. The normalized spacial score (nSPS) is 34.3. The molecule has 0 nitrogen and oxygen atoms in total. The van der Waals surface area contributed by atoms with Crippen molar-refractivity contribution < 1.29 is 0 Å². The number of hydrogen-bond acceptors (Lipinski definition) is 0. The standard InChI is InChI=1S/C14H22/c1-2-12-8-6-7-11-14(12)13-9-4-3-5-10-13/h2,7,11-14H,1,3-6,8-10H2. The molecule has 0 aromatic rings. The van der Waals surface area contributed by atoms with Crippen LogP contribution >= 0.6 is 0 Å². The molecule has 14 heavy (non-hydrogen) atoms. The quantitative estimate of drug-likeness (QED) is 0.568. The van der Waals surface area contributed by atoms with Crippen LogP contribution in [0.5, 0.6) is 0 Å². The van der Waals surface area contributed by atoms with Crippen LogP contribution in [0.2, 0.25) is 0 Å². The molecule has 0 N–H and O–H groups in total. The molecule has 0 bridgehead atoms. The van der Waals surface area contributed by atoms with Gasteiger partial charge in [0.15, 0.2) is 0 Å². The van der Waals surface area contributed by atoms with Gasteiger partial charge in [0, 0.05) is 0 Å². The number of allylic oxidation sites excluding steroid dienone is 3. The summed E-state index contributed by atoms with van der Waals surface area (Å²) >= 11 is 0. The molecule has 0 spiro atoms. The molecule has 0 heterocycles. The molecule has 2 aliphatic carbocycles. The van der Waals surface area contributed by atoms with E-state index in [-0.39, 0.29) is 0 Å². The first-order valence-corrected chi connectivity index (χ1v) is 6.21. The summed E-state index contributed by atoms with van der Waals surface area (Å²) in [6, 6.07) is 0. The molecule has 0 radical (unpaired) electrons. The lowest BCUT2D eigenvalue weighted by atomic mass is 9.71. The largest absolute Gasteiger partial charge is 0.103 e. The average Bonchev–Trinajstić information content (AvgIpc) is 2.30. The molecule has 0 aliphatic heterocycles. The number of hydrogen-bond donors (Lipinski definition) is 0. The second kappa shape index (κ2) is 4.82. The molecule has 0 aromatic carbocycles. The Morgan fingerprint density at radius 1 is 1.07 bits per heavy atom. The Kier molecular flexibility index (Phi) is 3.44. The van der Waals surface area contributed by atoms with Crippen LogP contribution in [0, 0.1) is 17.8 Å². The van der Waals surface area contributed by atoms with Gasteiger partial charge in [0.1, 0.15) is 0 Å². The second-order valence-electron chi connectivity index (χ2n) is 4.88. The van der Waals surface area contributed by atoms with E-state index >= 15 is 0 Å². The summed E-state index contributed by atoms with van der Waals surface area (Å²) in [5, 5.41) is 0. The Balaban J connectivity index is 2.01. The Morgan fingerprint density at radius 2 is 1.86 bits per heavy atom. The highest BCUT2D eigenvalue weighted by molar-refractivity contribution is 5.04. The molecule has 1 saturated carbocycles. The molecule has 2 unspecified atom stereocenters. The van der Waals surface area contributed by atoms with Crippen molar-refractivity contribution in [3.05, 3.63) is 24.8 Å². The van der Waals surface area contributed by atoms with Crippen LogP contribution < -0.4 is 0 Å². The highest BCUT2D eigenvalue weighted by Gasteiger charge is 2.28. The average molecular weight is 190 g/mol. The van der Waals surface area contributed by atoms with Crippen molar-refractivity contribution in [2.75, 3.05) is 0 Å². The van der Waals surface area contributed by atoms with E-state index in [2.05, 4.69) is 24.8 Å². The van der Waals surface area contributed by atoms with Crippen molar-refractivity contribution >= 4 is 0 Å². The summed E-state index contributed by atoms with van der Waals surface area (Å²) < 4.78 is 0. The summed E-state index contributed by atoms with van der Waals surface area (Å²) in [6.45, 7) is 4.00. The van der Waals surface area contributed by atoms with Gasteiger partial charge in [-0.3, -0.25) is 0 Å². The number of rotatable bonds is 2. The summed E-state index contributed by atoms with van der Waals surface area (Å²) in [6.07, 6.45) is 17.0. The minimum atomic E-state index is 0.767. The van der Waals surface area contributed by atoms with Crippen LogP contribution in [-0.4, -0.2) is 0 Å². The third-order valence-corrected chi connectivity index (χ3v) is 4.02. The smallest absolute Gasteiger partial charge is 0.0142 e. The van der Waals surface area contributed by atoms with E-state index in [0.29, 0.717) is 0 Å². The Bertz CT molecular complexity index is 208. The third kappa shape index (κ3) is 2.10. The van der Waals surface area contributed by atoms with Gasteiger partial charge >= 0.3 is 0 Å². The lowest BCUT2D eigenvalue weighted by Crippen LogP contribution is -2.24. The van der Waals surface area contributed by atoms with Gasteiger partial charge in [0.2, 0.25) is 0 Å². The van der Waals surface area contributed by atoms with Crippen molar-refractivity contribution in [1.29, 1.82) is 0 Å². The molecule has 0 aromatic heterocycles. The Morgan fingerprint density at radius 3 is 2.57 bits per heavy atom. The minimum absolute atomic E-state index is 0.767. The zero-order valence-corrected chi connectivity index (χ0v) is 9.12. The SMILES string of the molecule is C=CC1CCC=CC1C1CCCCC1. The van der Waals surface area contributed by atoms with E-state index in [9.17, 15) is 0 Å². The van der Waals surface area contributed by atoms with Crippen LogP contribution in [0.25, 0.3) is 0 Å². The van der Waals surface area contributed by atoms with Crippen LogP contribution in [0.1, 0.15) is 44.9 Å². The van der Waals surface area contributed by atoms with E-state index in [1.54, 1.807) is 0 Å². The predicted octanol–water partition coefficient (Wildman–Crippen LogP) is 4.34. The van der Waals surface area contributed by atoms with Crippen molar-refractivity contribution in [2.45, 2.75) is 44.9 Å². The zero-order chi connectivity index (χ0) is 9.80. The lowest BCUT2D eigenvalue weighted by Gasteiger charge is -2.34. The molecular weight excluding hydrogens is 168 g/mol. The van der Waals surface area contributed by atoms with E-state index in [1.165, 1.54) is 44.9 Å². The molecule has 78 valence electrons. The first-order chi connectivity index (χ1) is 6.92. The lowest BCUT2D eigenvalue weighted by molar-refractivity contribution is 0.231. The molecule has 2 atom stereocenters. The van der Waals surface area contributed by atoms with Gasteiger partial charge in [0.25, 0.3) is 0 Å². The third-order valence-electron chi connectivity index (χ3n) is 4.02. The van der Waals surface area contributed by atoms with Gasteiger partial charge in [-0.15, -0.1) is 6.58 Å². The Labute approximate surface area is 88.1 Å². The van der Waals surface area contributed by atoms with Crippen LogP contribution in [0.4, 0.5) is 0 Å². The highest BCUT2D eigenvalue weighted by atomic mass is 14.3. The van der Waals surface area contributed by atoms with Gasteiger partial charge in [0.05, 0.1) is 0 Å². The topological polar surface area (TPSA) is 0 Å². The summed E-state index contributed by atoms with van der Waals surface area (Å²) in [5.74, 6) is 2.55. The van der Waals surface area contributed by atoms with E-state index in [0.717, 1.165) is 17.8 Å². The maximum Gasteiger partial charge on any atom is -0.0142 e. The first-order valence-electron chi connectivity index (χ1n) is 6.21. The monoisotopic (exact) mass is 190 g/mol. The summed E-state index contributed by atoms with van der Waals surface area (Å²) in [4.78, 5) is 0. The maximum absolute atomic E-state index is 4.00. The molecule has 0 heteroatoms. The van der Waals surface area contributed by atoms with Crippen molar-refractivity contribution in [3.63, 3.8) is 0 Å². The van der Waals surface area contributed by atoms with Gasteiger partial charge in [-0.1, -0.05) is 37.5 Å². The fourth-order valence-corrected chi connectivity index (χ4v) is 3.18. The van der Waals surface area contributed by atoms with Crippen LogP contribution in [0.3, 0.4) is 0 Å². The fraction of sp³-hybridized carbons (Fsp3) is 0.714. The minimum Gasteiger partial charge on any atom is -0.103 e. The van der Waals surface area contributed by atoms with E-state index in [1.807, 2.05) is 0 Å². The van der Waals surface area contributed by atoms with Crippen molar-refractivity contribution in [2.24, 2.45) is 17.8 Å². The van der Waals surface area contributed by atoms with E-state index in [4.69, 9.17) is 0 Å². The zero-order valence-electron chi connectivity index (χ0n) is 9.12. The van der Waals surface area contributed by atoms with Crippen molar-refractivity contribution in [1.82, 2.24) is 0 Å². The molecule has 1 fully saturated rings. The molecule has 2 rings (SSSR count). The molecule has 2 aliphatic rings.